The lowest BCUT2D eigenvalue weighted by Gasteiger charge is -2.15. The fraction of sp³-hybridized carbons (Fsp3) is 1.00. The monoisotopic (exact) mass is 272 g/mol. The van der Waals surface area contributed by atoms with Gasteiger partial charge in [-0.15, -0.1) is 0 Å². The number of rotatable bonds is 15. The smallest absolute Gasteiger partial charge is 0.0633 e. The molecule has 0 spiro atoms. The van der Waals surface area contributed by atoms with Gasteiger partial charge in [0.25, 0.3) is 0 Å². The second kappa shape index (κ2) is 15.9. The Bertz CT molecular complexity index is 165. The molecule has 0 heterocycles. The minimum atomic E-state index is 0.330. The van der Waals surface area contributed by atoms with Crippen LogP contribution in [-0.2, 0) is 4.74 Å². The summed E-state index contributed by atoms with van der Waals surface area (Å²) in [4.78, 5) is 0. The van der Waals surface area contributed by atoms with Crippen LogP contribution in [0.1, 0.15) is 84.5 Å². The third kappa shape index (κ3) is 14.1. The Kier molecular flexibility index (Phi) is 15.8. The molecule has 0 radical (unpaired) electrons. The molecule has 0 aliphatic rings. The maximum absolute atomic E-state index is 5.53. The third-order valence-electron chi connectivity index (χ3n) is 3.56. The van der Waals surface area contributed by atoms with Gasteiger partial charge in [-0.1, -0.05) is 71.6 Å². The highest BCUT2D eigenvalue weighted by atomic mass is 16.5. The lowest BCUT2D eigenvalue weighted by molar-refractivity contribution is 0.108. The van der Waals surface area contributed by atoms with E-state index in [0.717, 1.165) is 26.1 Å². The van der Waals surface area contributed by atoms with Crippen molar-refractivity contribution >= 4 is 0 Å². The molecule has 0 saturated heterocycles. The largest absolute Gasteiger partial charge is 0.380 e. The third-order valence-corrected chi connectivity index (χ3v) is 3.56. The second-order valence-corrected chi connectivity index (χ2v) is 5.56. The fourth-order valence-electron chi connectivity index (χ4n) is 2.29. The van der Waals surface area contributed by atoms with E-state index in [1.807, 2.05) is 0 Å². The number of hydrazine groups is 1. The van der Waals surface area contributed by atoms with Crippen molar-refractivity contribution in [1.82, 2.24) is 5.43 Å². The average molecular weight is 272 g/mol. The van der Waals surface area contributed by atoms with Gasteiger partial charge in [0, 0.05) is 12.6 Å². The van der Waals surface area contributed by atoms with Crippen molar-refractivity contribution in [1.29, 1.82) is 0 Å². The Hall–Kier alpha value is -0.120. The van der Waals surface area contributed by atoms with E-state index in [9.17, 15) is 0 Å². The summed E-state index contributed by atoms with van der Waals surface area (Å²) in [5.74, 6) is 5.53. The molecule has 0 bridgehead atoms. The molecule has 0 rings (SSSR count). The van der Waals surface area contributed by atoms with E-state index in [1.165, 1.54) is 57.8 Å². The highest BCUT2D eigenvalue weighted by molar-refractivity contribution is 4.62. The van der Waals surface area contributed by atoms with E-state index in [1.54, 1.807) is 0 Å². The molecule has 3 nitrogen and oxygen atoms in total. The molecular formula is C16H36N2O. The first kappa shape index (κ1) is 18.9. The lowest BCUT2D eigenvalue weighted by atomic mass is 10.0. The van der Waals surface area contributed by atoms with E-state index in [2.05, 4.69) is 19.3 Å². The summed E-state index contributed by atoms with van der Waals surface area (Å²) in [5, 5.41) is 0. The standard InChI is InChI=1S/C16H36N2O/c1-3-5-6-7-8-9-10-11-12-13-16(18-17)15-19-14-4-2/h16,18H,3-15,17H2,1-2H3. The molecule has 116 valence electrons. The number of nitrogens with one attached hydrogen (secondary N) is 1. The molecule has 0 amide bonds. The van der Waals surface area contributed by atoms with Crippen molar-refractivity contribution in [2.24, 2.45) is 5.84 Å². The van der Waals surface area contributed by atoms with Crippen LogP contribution in [0.15, 0.2) is 0 Å². The van der Waals surface area contributed by atoms with E-state index in [-0.39, 0.29) is 0 Å². The molecule has 3 N–H and O–H groups in total. The van der Waals surface area contributed by atoms with E-state index in [4.69, 9.17) is 10.6 Å². The number of hydrogen-bond acceptors (Lipinski definition) is 3. The molecular weight excluding hydrogens is 236 g/mol. The highest BCUT2D eigenvalue weighted by Crippen LogP contribution is 2.11. The van der Waals surface area contributed by atoms with Gasteiger partial charge in [-0.3, -0.25) is 11.3 Å². The van der Waals surface area contributed by atoms with Crippen LogP contribution in [0.3, 0.4) is 0 Å². The molecule has 0 aromatic carbocycles. The summed E-state index contributed by atoms with van der Waals surface area (Å²) in [6.45, 7) is 5.99. The zero-order chi connectivity index (χ0) is 14.2. The molecule has 0 saturated carbocycles. The Morgan fingerprint density at radius 3 is 1.95 bits per heavy atom. The average Bonchev–Trinajstić information content (AvgIpc) is 2.43. The summed E-state index contributed by atoms with van der Waals surface area (Å²) >= 11 is 0. The molecule has 0 aromatic rings. The zero-order valence-corrected chi connectivity index (χ0v) is 13.3. The zero-order valence-electron chi connectivity index (χ0n) is 13.3. The Labute approximate surface area is 120 Å². The van der Waals surface area contributed by atoms with Crippen molar-refractivity contribution in [2.75, 3.05) is 13.2 Å². The van der Waals surface area contributed by atoms with Crippen LogP contribution in [0.2, 0.25) is 0 Å². The van der Waals surface area contributed by atoms with Gasteiger partial charge in [-0.05, 0) is 12.8 Å². The van der Waals surface area contributed by atoms with Gasteiger partial charge < -0.3 is 4.74 Å². The quantitative estimate of drug-likeness (QED) is 0.267. The SMILES string of the molecule is CCCCCCCCCCCC(COCCC)NN. The molecule has 0 aliphatic heterocycles. The van der Waals surface area contributed by atoms with Crippen LogP contribution in [0, 0.1) is 0 Å². The van der Waals surface area contributed by atoms with Gasteiger partial charge in [0.1, 0.15) is 0 Å². The second-order valence-electron chi connectivity index (χ2n) is 5.56. The van der Waals surface area contributed by atoms with Crippen molar-refractivity contribution in [2.45, 2.75) is 90.5 Å². The summed E-state index contributed by atoms with van der Waals surface area (Å²) in [7, 11) is 0. The predicted octanol–water partition coefficient (Wildman–Crippen LogP) is 4.17. The minimum Gasteiger partial charge on any atom is -0.380 e. The first-order chi connectivity index (χ1) is 9.35. The maximum atomic E-state index is 5.53. The Morgan fingerprint density at radius 2 is 1.42 bits per heavy atom. The van der Waals surface area contributed by atoms with E-state index >= 15 is 0 Å². The highest BCUT2D eigenvalue weighted by Gasteiger charge is 2.05. The summed E-state index contributed by atoms with van der Waals surface area (Å²) < 4.78 is 5.53. The topological polar surface area (TPSA) is 47.3 Å². The molecule has 0 aliphatic carbocycles. The maximum Gasteiger partial charge on any atom is 0.0633 e. The van der Waals surface area contributed by atoms with Crippen molar-refractivity contribution in [3.63, 3.8) is 0 Å². The van der Waals surface area contributed by atoms with Crippen LogP contribution in [-0.4, -0.2) is 19.3 Å². The first-order valence-corrected chi connectivity index (χ1v) is 8.39. The van der Waals surface area contributed by atoms with Crippen LogP contribution >= 0.6 is 0 Å². The van der Waals surface area contributed by atoms with Crippen LogP contribution in [0.5, 0.6) is 0 Å². The van der Waals surface area contributed by atoms with Crippen molar-refractivity contribution in [3.8, 4) is 0 Å². The molecule has 1 unspecified atom stereocenters. The number of unbranched alkanes of at least 4 members (excludes halogenated alkanes) is 8. The van der Waals surface area contributed by atoms with Gasteiger partial charge in [-0.25, -0.2) is 0 Å². The van der Waals surface area contributed by atoms with Crippen LogP contribution in [0.4, 0.5) is 0 Å². The molecule has 19 heavy (non-hydrogen) atoms. The predicted molar refractivity (Wildman–Crippen MR) is 84.1 cm³/mol. The van der Waals surface area contributed by atoms with Gasteiger partial charge in [-0.2, -0.15) is 0 Å². The van der Waals surface area contributed by atoms with Gasteiger partial charge in [0.15, 0.2) is 0 Å². The molecule has 0 fully saturated rings. The summed E-state index contributed by atoms with van der Waals surface area (Å²) in [5.41, 5.74) is 2.86. The Morgan fingerprint density at radius 1 is 0.842 bits per heavy atom. The van der Waals surface area contributed by atoms with Crippen molar-refractivity contribution in [3.05, 3.63) is 0 Å². The lowest BCUT2D eigenvalue weighted by Crippen LogP contribution is -2.38. The first-order valence-electron chi connectivity index (χ1n) is 8.39. The number of ether oxygens (including phenoxy) is 1. The minimum absolute atomic E-state index is 0.330. The fourth-order valence-corrected chi connectivity index (χ4v) is 2.29. The number of nitrogens with two attached hydrogens (primary N) is 1. The van der Waals surface area contributed by atoms with Crippen LogP contribution in [0.25, 0.3) is 0 Å². The van der Waals surface area contributed by atoms with Crippen LogP contribution < -0.4 is 11.3 Å². The van der Waals surface area contributed by atoms with E-state index < -0.39 is 0 Å². The van der Waals surface area contributed by atoms with Gasteiger partial charge in [0.05, 0.1) is 6.61 Å². The molecule has 3 heteroatoms. The normalized spacial score (nSPS) is 12.8. The Balaban J connectivity index is 3.21. The van der Waals surface area contributed by atoms with Gasteiger partial charge >= 0.3 is 0 Å². The van der Waals surface area contributed by atoms with E-state index in [0.29, 0.717) is 6.04 Å². The summed E-state index contributed by atoms with van der Waals surface area (Å²) in [6.07, 6.45) is 14.6. The van der Waals surface area contributed by atoms with Crippen molar-refractivity contribution < 1.29 is 4.74 Å². The molecule has 0 aromatic heterocycles. The molecule has 1 atom stereocenters. The number of hydrogen-bond donors (Lipinski definition) is 2. The summed E-state index contributed by atoms with van der Waals surface area (Å²) in [6, 6.07) is 0.330. The van der Waals surface area contributed by atoms with Gasteiger partial charge in [0.2, 0.25) is 0 Å².